The summed E-state index contributed by atoms with van der Waals surface area (Å²) >= 11 is 0. The van der Waals surface area contributed by atoms with Crippen LogP contribution in [0.15, 0.2) is 0 Å². The summed E-state index contributed by atoms with van der Waals surface area (Å²) in [4.78, 5) is 0. The third-order valence-corrected chi connectivity index (χ3v) is 4.22. The van der Waals surface area contributed by atoms with Crippen molar-refractivity contribution in [3.8, 4) is 0 Å². The van der Waals surface area contributed by atoms with Crippen molar-refractivity contribution < 1.29 is 5.11 Å². The molecule has 0 saturated heterocycles. The molecule has 1 aliphatic rings. The van der Waals surface area contributed by atoms with E-state index < -0.39 is 5.60 Å². The second-order valence-corrected chi connectivity index (χ2v) is 7.37. The van der Waals surface area contributed by atoms with Gasteiger partial charge in [0.05, 0.1) is 5.60 Å². The van der Waals surface area contributed by atoms with Gasteiger partial charge in [-0.1, -0.05) is 47.5 Å². The van der Waals surface area contributed by atoms with E-state index >= 15 is 0 Å². The van der Waals surface area contributed by atoms with Crippen LogP contribution < -0.4 is 0 Å². The minimum atomic E-state index is -0.450. The molecule has 3 atom stereocenters. The Kier molecular flexibility index (Phi) is 8.18. The Morgan fingerprint density at radius 2 is 1.72 bits per heavy atom. The van der Waals surface area contributed by atoms with E-state index in [1.165, 1.54) is 19.3 Å². The van der Waals surface area contributed by atoms with Gasteiger partial charge in [0, 0.05) is 0 Å². The molecule has 1 saturated carbocycles. The molecule has 1 nitrogen and oxygen atoms in total. The van der Waals surface area contributed by atoms with E-state index in [0.717, 1.165) is 36.5 Å². The Hall–Kier alpha value is -0.0400. The first-order valence-corrected chi connectivity index (χ1v) is 7.89. The molecule has 0 radical (unpaired) electrons. The summed E-state index contributed by atoms with van der Waals surface area (Å²) in [5, 5.41) is 9.02. The van der Waals surface area contributed by atoms with Crippen LogP contribution >= 0.6 is 0 Å². The molecule has 0 aromatic rings. The highest BCUT2D eigenvalue weighted by Gasteiger charge is 2.26. The molecule has 0 aromatic carbocycles. The maximum Gasteiger partial charge on any atom is 0.0591 e. The standard InChI is InChI=1S/C11H22.C6H14O/c1-8(2)11-6-5-9(3)7-10(11)4;1-4-5-6(2,3)7/h8-11H,5-7H2,1-4H3;7H,4-5H2,1-3H3/t9?,10?,11-;/m0./s1. The number of hydrogen-bond donors (Lipinski definition) is 1. The van der Waals surface area contributed by atoms with Crippen LogP contribution in [0.1, 0.15) is 80.6 Å². The van der Waals surface area contributed by atoms with Crippen molar-refractivity contribution in [1.82, 2.24) is 0 Å². The lowest BCUT2D eigenvalue weighted by molar-refractivity contribution is 0.0703. The van der Waals surface area contributed by atoms with Crippen LogP contribution in [0.25, 0.3) is 0 Å². The summed E-state index contributed by atoms with van der Waals surface area (Å²) in [6.45, 7) is 15.3. The van der Waals surface area contributed by atoms with Crippen molar-refractivity contribution >= 4 is 0 Å². The molecule has 0 heterocycles. The van der Waals surface area contributed by atoms with E-state index in [4.69, 9.17) is 5.11 Å². The van der Waals surface area contributed by atoms with Gasteiger partial charge < -0.3 is 5.11 Å². The van der Waals surface area contributed by atoms with Gasteiger partial charge in [0.25, 0.3) is 0 Å². The highest BCUT2D eigenvalue weighted by Crippen LogP contribution is 2.37. The van der Waals surface area contributed by atoms with Crippen LogP contribution in [-0.4, -0.2) is 10.7 Å². The van der Waals surface area contributed by atoms with Crippen molar-refractivity contribution in [2.45, 2.75) is 86.2 Å². The van der Waals surface area contributed by atoms with Gasteiger partial charge in [-0.25, -0.2) is 0 Å². The molecule has 0 aromatic heterocycles. The van der Waals surface area contributed by atoms with Gasteiger partial charge in [-0.3, -0.25) is 0 Å². The first-order chi connectivity index (χ1) is 8.17. The van der Waals surface area contributed by atoms with E-state index in [0.29, 0.717) is 0 Å². The van der Waals surface area contributed by atoms with Crippen molar-refractivity contribution in [2.75, 3.05) is 0 Å². The summed E-state index contributed by atoms with van der Waals surface area (Å²) in [7, 11) is 0. The predicted molar refractivity (Wildman–Crippen MR) is 81.7 cm³/mol. The molecule has 1 N–H and O–H groups in total. The van der Waals surface area contributed by atoms with Crippen LogP contribution in [0.5, 0.6) is 0 Å². The molecule has 110 valence electrons. The molecule has 0 spiro atoms. The van der Waals surface area contributed by atoms with Crippen LogP contribution in [0, 0.1) is 23.7 Å². The highest BCUT2D eigenvalue weighted by atomic mass is 16.3. The first kappa shape index (κ1) is 18.0. The SMILES string of the molecule is CC1CC[C@@H](C(C)C)C(C)C1.CCCC(C)(C)O. The Bertz CT molecular complexity index is 202. The quantitative estimate of drug-likeness (QED) is 0.729. The van der Waals surface area contributed by atoms with Crippen molar-refractivity contribution in [3.05, 3.63) is 0 Å². The second-order valence-electron chi connectivity index (χ2n) is 7.37. The van der Waals surface area contributed by atoms with Crippen molar-refractivity contribution in [1.29, 1.82) is 0 Å². The fraction of sp³-hybridized carbons (Fsp3) is 1.00. The van der Waals surface area contributed by atoms with Crippen LogP contribution in [0.4, 0.5) is 0 Å². The van der Waals surface area contributed by atoms with Gasteiger partial charge in [0.15, 0.2) is 0 Å². The van der Waals surface area contributed by atoms with Gasteiger partial charge in [0.2, 0.25) is 0 Å². The second kappa shape index (κ2) is 8.19. The lowest BCUT2D eigenvalue weighted by Crippen LogP contribution is -2.25. The van der Waals surface area contributed by atoms with Gasteiger partial charge in [-0.05, 0) is 56.8 Å². The average molecular weight is 256 g/mol. The molecule has 1 rings (SSSR count). The minimum absolute atomic E-state index is 0.450. The van der Waals surface area contributed by atoms with Crippen molar-refractivity contribution in [3.63, 3.8) is 0 Å². The topological polar surface area (TPSA) is 20.2 Å². The maximum absolute atomic E-state index is 9.02. The monoisotopic (exact) mass is 256 g/mol. The largest absolute Gasteiger partial charge is 0.390 e. The molecular formula is C17H36O. The van der Waals surface area contributed by atoms with Gasteiger partial charge in [0.1, 0.15) is 0 Å². The van der Waals surface area contributed by atoms with E-state index in [9.17, 15) is 0 Å². The minimum Gasteiger partial charge on any atom is -0.390 e. The predicted octanol–water partition coefficient (Wildman–Crippen LogP) is 5.27. The maximum atomic E-state index is 9.02. The third-order valence-electron chi connectivity index (χ3n) is 4.22. The highest BCUT2D eigenvalue weighted by molar-refractivity contribution is 4.77. The molecule has 1 fully saturated rings. The fourth-order valence-electron chi connectivity index (χ4n) is 3.29. The third kappa shape index (κ3) is 8.13. The molecule has 1 aliphatic carbocycles. The Morgan fingerprint density at radius 1 is 1.17 bits per heavy atom. The Morgan fingerprint density at radius 3 is 2.00 bits per heavy atom. The van der Waals surface area contributed by atoms with E-state index in [1.54, 1.807) is 0 Å². The molecule has 0 bridgehead atoms. The number of hydrogen-bond acceptors (Lipinski definition) is 1. The molecule has 0 aliphatic heterocycles. The van der Waals surface area contributed by atoms with Crippen molar-refractivity contribution in [2.24, 2.45) is 23.7 Å². The first-order valence-electron chi connectivity index (χ1n) is 7.89. The summed E-state index contributed by atoms with van der Waals surface area (Å²) in [5.74, 6) is 3.86. The normalized spacial score (nSPS) is 28.8. The zero-order valence-corrected chi connectivity index (χ0v) is 13.8. The van der Waals surface area contributed by atoms with Gasteiger partial charge in [-0.15, -0.1) is 0 Å². The zero-order chi connectivity index (χ0) is 14.3. The summed E-state index contributed by atoms with van der Waals surface area (Å²) in [6.07, 6.45) is 6.35. The molecule has 1 heteroatoms. The summed E-state index contributed by atoms with van der Waals surface area (Å²) in [6, 6.07) is 0. The summed E-state index contributed by atoms with van der Waals surface area (Å²) in [5.41, 5.74) is -0.450. The molecule has 2 unspecified atom stereocenters. The molecule has 0 amide bonds. The Balaban J connectivity index is 0.000000360. The van der Waals surface area contributed by atoms with Crippen LogP contribution in [0.2, 0.25) is 0 Å². The lowest BCUT2D eigenvalue weighted by Gasteiger charge is -2.35. The molecular weight excluding hydrogens is 220 g/mol. The smallest absolute Gasteiger partial charge is 0.0591 e. The molecule has 18 heavy (non-hydrogen) atoms. The lowest BCUT2D eigenvalue weighted by atomic mass is 9.71. The van der Waals surface area contributed by atoms with Gasteiger partial charge >= 0.3 is 0 Å². The number of rotatable bonds is 3. The van der Waals surface area contributed by atoms with E-state index in [-0.39, 0.29) is 0 Å². The number of aliphatic hydroxyl groups is 1. The fourth-order valence-corrected chi connectivity index (χ4v) is 3.29. The Labute approximate surface area is 115 Å². The van der Waals surface area contributed by atoms with Crippen LogP contribution in [-0.2, 0) is 0 Å². The van der Waals surface area contributed by atoms with E-state index in [2.05, 4.69) is 34.6 Å². The van der Waals surface area contributed by atoms with Gasteiger partial charge in [-0.2, -0.15) is 0 Å². The van der Waals surface area contributed by atoms with E-state index in [1.807, 2.05) is 13.8 Å². The van der Waals surface area contributed by atoms with Crippen LogP contribution in [0.3, 0.4) is 0 Å². The summed E-state index contributed by atoms with van der Waals surface area (Å²) < 4.78 is 0. The zero-order valence-electron chi connectivity index (χ0n) is 13.8. The average Bonchev–Trinajstić information content (AvgIpc) is 2.15.